The van der Waals surface area contributed by atoms with Crippen LogP contribution in [0.1, 0.15) is 12.0 Å². The first kappa shape index (κ1) is 15.6. The summed E-state index contributed by atoms with van der Waals surface area (Å²) >= 11 is 3.28. The molecule has 18 heavy (non-hydrogen) atoms. The van der Waals surface area contributed by atoms with Crippen LogP contribution in [0.25, 0.3) is 0 Å². The third-order valence-corrected chi connectivity index (χ3v) is 2.90. The monoisotopic (exact) mass is 318 g/mol. The number of hydrogen-bond donors (Lipinski definition) is 2. The van der Waals surface area contributed by atoms with Crippen molar-refractivity contribution < 1.29 is 9.13 Å². The number of hydrogen-bond acceptors (Lipinski definition) is 3. The average molecular weight is 319 g/mol. The van der Waals surface area contributed by atoms with Gasteiger partial charge in [-0.15, -0.1) is 0 Å². The molecule has 0 bridgehead atoms. The van der Waals surface area contributed by atoms with Gasteiger partial charge in [-0.3, -0.25) is 0 Å². The van der Waals surface area contributed by atoms with Crippen LogP contribution < -0.4 is 10.6 Å². The summed E-state index contributed by atoms with van der Waals surface area (Å²) in [6.07, 6.45) is 1.04. The summed E-state index contributed by atoms with van der Waals surface area (Å²) in [5, 5.41) is 6.56. The highest BCUT2D eigenvalue weighted by Gasteiger charge is 1.98. The van der Waals surface area contributed by atoms with E-state index in [1.54, 1.807) is 13.2 Å². The van der Waals surface area contributed by atoms with Crippen molar-refractivity contribution in [2.75, 3.05) is 33.4 Å². The maximum absolute atomic E-state index is 13.1. The van der Waals surface area contributed by atoms with E-state index in [9.17, 15) is 4.39 Å². The van der Waals surface area contributed by atoms with E-state index in [0.717, 1.165) is 42.7 Å². The zero-order chi connectivity index (χ0) is 13.2. The number of methoxy groups -OCH3 is 1. The summed E-state index contributed by atoms with van der Waals surface area (Å²) in [6.45, 7) is 4.18. The molecule has 0 saturated heterocycles. The minimum atomic E-state index is -0.206. The predicted octanol–water partition coefficient (Wildman–Crippen LogP) is 2.30. The van der Waals surface area contributed by atoms with Gasteiger partial charge in [-0.1, -0.05) is 15.9 Å². The van der Waals surface area contributed by atoms with Gasteiger partial charge in [0.05, 0.1) is 6.61 Å². The van der Waals surface area contributed by atoms with Crippen molar-refractivity contribution in [3.05, 3.63) is 34.1 Å². The summed E-state index contributed by atoms with van der Waals surface area (Å²) in [7, 11) is 1.69. The topological polar surface area (TPSA) is 33.3 Å². The zero-order valence-electron chi connectivity index (χ0n) is 10.6. The average Bonchev–Trinajstić information content (AvgIpc) is 2.31. The van der Waals surface area contributed by atoms with E-state index in [1.165, 1.54) is 6.07 Å². The van der Waals surface area contributed by atoms with Gasteiger partial charge in [0.25, 0.3) is 0 Å². The van der Waals surface area contributed by atoms with Crippen LogP contribution >= 0.6 is 15.9 Å². The Bertz CT molecular complexity index is 330. The fourth-order valence-corrected chi connectivity index (χ4v) is 2.10. The Kier molecular flexibility index (Phi) is 8.17. The van der Waals surface area contributed by atoms with Crippen LogP contribution in [0.4, 0.5) is 4.39 Å². The number of rotatable bonds is 9. The van der Waals surface area contributed by atoms with Crippen molar-refractivity contribution in [1.29, 1.82) is 0 Å². The van der Waals surface area contributed by atoms with Crippen LogP contribution in [0.5, 0.6) is 0 Å². The molecule has 0 aliphatic carbocycles. The highest BCUT2D eigenvalue weighted by atomic mass is 79.9. The van der Waals surface area contributed by atoms with E-state index in [0.29, 0.717) is 6.54 Å². The molecule has 0 saturated carbocycles. The Labute approximate surface area is 116 Å². The molecule has 1 aromatic carbocycles. The van der Waals surface area contributed by atoms with E-state index in [1.807, 2.05) is 6.07 Å². The van der Waals surface area contributed by atoms with Gasteiger partial charge in [0.15, 0.2) is 0 Å². The second-order valence-electron chi connectivity index (χ2n) is 4.05. The first-order valence-corrected chi connectivity index (χ1v) is 6.87. The molecule has 5 heteroatoms. The van der Waals surface area contributed by atoms with Crippen LogP contribution in [0.2, 0.25) is 0 Å². The first-order valence-electron chi connectivity index (χ1n) is 6.07. The predicted molar refractivity (Wildman–Crippen MR) is 75.2 cm³/mol. The molecular formula is C13H20BrFN2O. The Morgan fingerprint density at radius 1 is 1.17 bits per heavy atom. The van der Waals surface area contributed by atoms with Crippen LogP contribution in [0, 0.1) is 5.82 Å². The summed E-state index contributed by atoms with van der Waals surface area (Å²) in [4.78, 5) is 0. The van der Waals surface area contributed by atoms with Gasteiger partial charge in [0.2, 0.25) is 0 Å². The Balaban J connectivity index is 2.07. The summed E-state index contributed by atoms with van der Waals surface area (Å²) in [5.74, 6) is -0.206. The lowest BCUT2D eigenvalue weighted by Gasteiger charge is -2.07. The maximum atomic E-state index is 13.1. The minimum Gasteiger partial charge on any atom is -0.383 e. The molecule has 0 aliphatic rings. The minimum absolute atomic E-state index is 0.206. The lowest BCUT2D eigenvalue weighted by molar-refractivity contribution is 0.199. The molecule has 0 amide bonds. The zero-order valence-corrected chi connectivity index (χ0v) is 12.2. The Morgan fingerprint density at radius 3 is 2.67 bits per heavy atom. The lowest BCUT2D eigenvalue weighted by Crippen LogP contribution is -2.24. The van der Waals surface area contributed by atoms with Gasteiger partial charge in [0.1, 0.15) is 5.82 Å². The van der Waals surface area contributed by atoms with E-state index >= 15 is 0 Å². The molecule has 0 unspecified atom stereocenters. The van der Waals surface area contributed by atoms with Crippen LogP contribution in [-0.2, 0) is 11.3 Å². The summed E-state index contributed by atoms with van der Waals surface area (Å²) < 4.78 is 18.8. The smallest absolute Gasteiger partial charge is 0.124 e. The molecule has 0 spiro atoms. The normalized spacial score (nSPS) is 10.8. The highest BCUT2D eigenvalue weighted by molar-refractivity contribution is 9.10. The van der Waals surface area contributed by atoms with Gasteiger partial charge in [-0.05, 0) is 43.3 Å². The van der Waals surface area contributed by atoms with Gasteiger partial charge in [-0.25, -0.2) is 4.39 Å². The van der Waals surface area contributed by atoms with E-state index in [4.69, 9.17) is 4.74 Å². The van der Waals surface area contributed by atoms with Crippen LogP contribution in [0.3, 0.4) is 0 Å². The van der Waals surface area contributed by atoms with Crippen molar-refractivity contribution in [2.45, 2.75) is 13.0 Å². The molecule has 3 nitrogen and oxygen atoms in total. The van der Waals surface area contributed by atoms with E-state index < -0.39 is 0 Å². The van der Waals surface area contributed by atoms with Crippen molar-refractivity contribution in [3.8, 4) is 0 Å². The van der Waals surface area contributed by atoms with Gasteiger partial charge in [0, 0.05) is 24.7 Å². The number of nitrogens with one attached hydrogen (secondary N) is 2. The Morgan fingerprint density at radius 2 is 1.94 bits per heavy atom. The molecular weight excluding hydrogens is 299 g/mol. The first-order chi connectivity index (χ1) is 8.72. The molecule has 2 N–H and O–H groups in total. The van der Waals surface area contributed by atoms with Gasteiger partial charge < -0.3 is 15.4 Å². The van der Waals surface area contributed by atoms with Crippen molar-refractivity contribution >= 4 is 15.9 Å². The molecule has 0 fully saturated rings. The van der Waals surface area contributed by atoms with Crippen LogP contribution in [0.15, 0.2) is 22.7 Å². The molecule has 0 radical (unpaired) electrons. The number of benzene rings is 1. The fraction of sp³-hybridized carbons (Fsp3) is 0.538. The number of halogens is 2. The summed E-state index contributed by atoms with van der Waals surface area (Å²) in [6, 6.07) is 4.94. The fourth-order valence-electron chi connectivity index (χ4n) is 1.58. The molecule has 0 aliphatic heterocycles. The SMILES string of the molecule is COCCNCCCNCc1cc(F)cc(Br)c1. The molecule has 1 rings (SSSR count). The second-order valence-corrected chi connectivity index (χ2v) is 4.97. The molecule has 1 aromatic rings. The Hall–Kier alpha value is -0.490. The highest BCUT2D eigenvalue weighted by Crippen LogP contribution is 2.14. The molecule has 102 valence electrons. The van der Waals surface area contributed by atoms with Gasteiger partial charge in [-0.2, -0.15) is 0 Å². The third-order valence-electron chi connectivity index (χ3n) is 2.44. The number of ether oxygens (including phenoxy) is 1. The second kappa shape index (κ2) is 9.44. The largest absolute Gasteiger partial charge is 0.383 e. The lowest BCUT2D eigenvalue weighted by atomic mass is 10.2. The van der Waals surface area contributed by atoms with Gasteiger partial charge >= 0.3 is 0 Å². The van der Waals surface area contributed by atoms with Crippen LogP contribution in [-0.4, -0.2) is 33.4 Å². The maximum Gasteiger partial charge on any atom is 0.124 e. The van der Waals surface area contributed by atoms with Crippen molar-refractivity contribution in [2.24, 2.45) is 0 Å². The van der Waals surface area contributed by atoms with E-state index in [-0.39, 0.29) is 5.82 Å². The summed E-state index contributed by atoms with van der Waals surface area (Å²) in [5.41, 5.74) is 0.953. The van der Waals surface area contributed by atoms with Crippen molar-refractivity contribution in [1.82, 2.24) is 10.6 Å². The molecule has 0 atom stereocenters. The molecule has 0 aromatic heterocycles. The third kappa shape index (κ3) is 7.06. The quantitative estimate of drug-likeness (QED) is 0.685. The standard InChI is InChI=1S/C13H20BrFN2O/c1-18-6-5-16-3-2-4-17-10-11-7-12(14)9-13(15)8-11/h7-9,16-17H,2-6,10H2,1H3. The van der Waals surface area contributed by atoms with Crippen molar-refractivity contribution in [3.63, 3.8) is 0 Å². The van der Waals surface area contributed by atoms with E-state index in [2.05, 4.69) is 26.6 Å². The molecule has 0 heterocycles.